The van der Waals surface area contributed by atoms with Crippen LogP contribution in [0.25, 0.3) is 11.1 Å². The van der Waals surface area contributed by atoms with Gasteiger partial charge in [0.25, 0.3) is 0 Å². The lowest BCUT2D eigenvalue weighted by atomic mass is 9.97. The second-order valence-electron chi connectivity index (χ2n) is 13.1. The van der Waals surface area contributed by atoms with Gasteiger partial charge >= 0.3 is 0 Å². The van der Waals surface area contributed by atoms with Gasteiger partial charge in [-0.1, -0.05) is 110 Å². The van der Waals surface area contributed by atoms with E-state index in [1.165, 1.54) is 6.33 Å². The Bertz CT molecular complexity index is 1910. The second-order valence-corrected chi connectivity index (χ2v) is 14.1. The first kappa shape index (κ1) is 37.7. The second kappa shape index (κ2) is 19.2. The molecule has 1 aliphatic rings. The Morgan fingerprint density at radius 1 is 0.849 bits per heavy atom. The van der Waals surface area contributed by atoms with Crippen LogP contribution in [0.5, 0.6) is 0 Å². The van der Waals surface area contributed by atoms with E-state index in [1.807, 2.05) is 66.7 Å². The number of anilines is 2. The molecule has 6 N–H and O–H groups in total. The zero-order valence-electron chi connectivity index (χ0n) is 29.6. The van der Waals surface area contributed by atoms with E-state index in [0.717, 1.165) is 64.2 Å². The first-order valence-corrected chi connectivity index (χ1v) is 19.0. The lowest BCUT2D eigenvalue weighted by Gasteiger charge is -2.36. The number of rotatable bonds is 17. The first-order chi connectivity index (χ1) is 25.9. The van der Waals surface area contributed by atoms with Crippen LogP contribution < -0.4 is 16.4 Å². The van der Waals surface area contributed by atoms with Crippen molar-refractivity contribution in [2.75, 3.05) is 16.8 Å². The molecule has 1 fully saturated rings. The van der Waals surface area contributed by atoms with Crippen LogP contribution in [0.1, 0.15) is 79.6 Å². The number of H-pyrrole nitrogens is 1. The molecule has 1 saturated heterocycles. The maximum Gasteiger partial charge on any atom is 0.224 e. The fraction of sp³-hybridized carbons (Fsp3) is 0.317. The molecule has 1 aromatic heterocycles. The van der Waals surface area contributed by atoms with Crippen molar-refractivity contribution in [3.8, 4) is 11.1 Å². The van der Waals surface area contributed by atoms with Gasteiger partial charge in [0.2, 0.25) is 11.8 Å². The topological polar surface area (TPSA) is 164 Å². The molecule has 2 heterocycles. The quantitative estimate of drug-likeness (QED) is 0.0370. The molecule has 0 unspecified atom stereocenters. The number of unbranched alkanes of at least 4 members (excludes halogenated alkanes) is 3. The molecule has 6 rings (SSSR count). The number of aliphatic hydroxyl groups is 1. The first-order valence-electron chi connectivity index (χ1n) is 18.0. The number of hydrogen-bond donors (Lipinski definition) is 5. The molecule has 0 bridgehead atoms. The molecule has 2 amide bonds. The average molecular weight is 735 g/mol. The van der Waals surface area contributed by atoms with Crippen LogP contribution in [0.4, 0.5) is 11.4 Å². The Kier molecular flexibility index (Phi) is 13.7. The third kappa shape index (κ3) is 11.0. The average Bonchev–Trinajstić information content (AvgIpc) is 3.73. The van der Waals surface area contributed by atoms with Crippen molar-refractivity contribution >= 4 is 35.0 Å². The normalized spacial score (nSPS) is 17.0. The Morgan fingerprint density at radius 2 is 1.57 bits per heavy atom. The molecule has 5 aromatic rings. The number of para-hydroxylation sites is 2. The number of hydrogen-bond acceptors (Lipinski definition) is 9. The summed E-state index contributed by atoms with van der Waals surface area (Å²) in [5.41, 5.74) is 13.0. The summed E-state index contributed by atoms with van der Waals surface area (Å²) >= 11 is 1.56. The summed E-state index contributed by atoms with van der Waals surface area (Å²) in [4.78, 5) is 29.2. The lowest BCUT2D eigenvalue weighted by molar-refractivity contribution is -0.245. The van der Waals surface area contributed by atoms with Gasteiger partial charge in [0.15, 0.2) is 11.4 Å². The fourth-order valence-electron chi connectivity index (χ4n) is 6.26. The van der Waals surface area contributed by atoms with Gasteiger partial charge in [0.1, 0.15) is 6.33 Å². The number of carbonyl (C=O) groups excluding carboxylic acids is 2. The molecule has 1 aliphatic heterocycles. The van der Waals surface area contributed by atoms with Crippen molar-refractivity contribution < 1.29 is 24.2 Å². The zero-order chi connectivity index (χ0) is 36.8. The van der Waals surface area contributed by atoms with Gasteiger partial charge in [-0.25, -0.2) is 4.98 Å². The van der Waals surface area contributed by atoms with Crippen LogP contribution in [0.2, 0.25) is 0 Å². The highest BCUT2D eigenvalue weighted by Gasteiger charge is 2.32. The van der Waals surface area contributed by atoms with Crippen molar-refractivity contribution in [1.82, 2.24) is 20.5 Å². The third-order valence-corrected chi connectivity index (χ3v) is 10.2. The van der Waals surface area contributed by atoms with Crippen LogP contribution in [-0.4, -0.2) is 44.0 Å². The molecule has 0 spiro atoms. The van der Waals surface area contributed by atoms with E-state index in [-0.39, 0.29) is 30.6 Å². The third-order valence-electron chi connectivity index (χ3n) is 9.19. The molecule has 12 heteroatoms. The molecule has 4 aromatic carbocycles. The summed E-state index contributed by atoms with van der Waals surface area (Å²) in [5, 5.41) is 23.0. The van der Waals surface area contributed by atoms with E-state index in [1.54, 1.807) is 23.9 Å². The predicted octanol–water partition coefficient (Wildman–Crippen LogP) is 7.48. The van der Waals surface area contributed by atoms with Gasteiger partial charge in [0.05, 0.1) is 30.2 Å². The number of thioether (sulfide) groups is 1. The number of ether oxygens (including phenoxy) is 2. The number of nitrogens with one attached hydrogen (secondary N) is 3. The van der Waals surface area contributed by atoms with Crippen molar-refractivity contribution in [2.45, 2.75) is 81.8 Å². The van der Waals surface area contributed by atoms with Crippen LogP contribution in [-0.2, 0) is 32.2 Å². The van der Waals surface area contributed by atoms with Gasteiger partial charge in [-0.3, -0.25) is 14.7 Å². The maximum absolute atomic E-state index is 12.7. The van der Waals surface area contributed by atoms with Crippen LogP contribution in [0.3, 0.4) is 0 Å². The number of aromatic nitrogens is 3. The van der Waals surface area contributed by atoms with Gasteiger partial charge in [0, 0.05) is 37.1 Å². The van der Waals surface area contributed by atoms with Gasteiger partial charge in [-0.15, -0.1) is 0 Å². The fourth-order valence-corrected chi connectivity index (χ4v) is 7.06. The Balaban J connectivity index is 0.995. The highest BCUT2D eigenvalue weighted by Crippen LogP contribution is 2.39. The SMILES string of the molecule is Nc1ccccc1NC(=O)CCCCCCC(=O)NCc1ccccc1-c1ccc([C@H]2O[C@@H](CSc3ncn[nH]3)C[C@@H](c3ccc(CO)cc3)O2)cc1. The summed E-state index contributed by atoms with van der Waals surface area (Å²) < 4.78 is 13.0. The molecule has 0 saturated carbocycles. The molecule has 0 radical (unpaired) electrons. The molecule has 3 atom stereocenters. The standard InChI is InChI=1S/C41H46N6O5S/c42-35-11-7-8-12-36(35)46-39(50)14-4-2-1-3-13-38(49)43-24-32-9-5-6-10-34(32)29-19-21-31(22-20-29)40-51-33(26-53-41-44-27-45-47-41)23-37(52-40)30-17-15-28(25-48)16-18-30/h5-12,15-22,27,33,37,40,48H,1-4,13-14,23-26,42H2,(H,43,49)(H,46,50)(H,44,45,47)/t33-,37+,40+/m1/s1. The van der Waals surface area contributed by atoms with E-state index in [9.17, 15) is 14.7 Å². The predicted molar refractivity (Wildman–Crippen MR) is 206 cm³/mol. The molecule has 11 nitrogen and oxygen atoms in total. The van der Waals surface area contributed by atoms with E-state index >= 15 is 0 Å². The molecular weight excluding hydrogens is 689 g/mol. The van der Waals surface area contributed by atoms with Crippen molar-refractivity contribution in [2.24, 2.45) is 0 Å². The highest BCUT2D eigenvalue weighted by molar-refractivity contribution is 7.99. The monoisotopic (exact) mass is 734 g/mol. The summed E-state index contributed by atoms with van der Waals surface area (Å²) in [5.74, 6) is 0.639. The summed E-state index contributed by atoms with van der Waals surface area (Å²) in [7, 11) is 0. The van der Waals surface area contributed by atoms with Gasteiger partial charge in [-0.2, -0.15) is 5.10 Å². The Morgan fingerprint density at radius 3 is 2.30 bits per heavy atom. The number of nitrogens with two attached hydrogens (primary N) is 1. The van der Waals surface area contributed by atoms with Crippen LogP contribution in [0.15, 0.2) is 109 Å². The summed E-state index contributed by atoms with van der Waals surface area (Å²) in [6.45, 7) is 0.419. The minimum atomic E-state index is -0.569. The number of benzene rings is 4. The van der Waals surface area contributed by atoms with Crippen LogP contribution in [0, 0.1) is 0 Å². The number of nitrogens with zero attached hydrogens (tertiary/aromatic N) is 2. The van der Waals surface area contributed by atoms with Gasteiger partial charge < -0.3 is 30.9 Å². The van der Waals surface area contributed by atoms with E-state index in [0.29, 0.717) is 42.9 Å². The van der Waals surface area contributed by atoms with Crippen LogP contribution >= 0.6 is 11.8 Å². The number of aliphatic hydroxyl groups excluding tert-OH is 1. The van der Waals surface area contributed by atoms with Gasteiger partial charge in [-0.05, 0) is 52.8 Å². The minimum absolute atomic E-state index is 0.00715. The number of amides is 2. The Hall–Kier alpha value is -5.01. The minimum Gasteiger partial charge on any atom is -0.397 e. The van der Waals surface area contributed by atoms with E-state index < -0.39 is 6.29 Å². The highest BCUT2D eigenvalue weighted by atomic mass is 32.2. The maximum atomic E-state index is 12.7. The Labute approximate surface area is 314 Å². The summed E-state index contributed by atoms with van der Waals surface area (Å²) in [6, 6.07) is 31.4. The zero-order valence-corrected chi connectivity index (χ0v) is 30.4. The molecular formula is C41H46N6O5S. The number of aromatic amines is 1. The number of carbonyl (C=O) groups is 2. The molecule has 276 valence electrons. The van der Waals surface area contributed by atoms with E-state index in [2.05, 4.69) is 44.0 Å². The molecule has 53 heavy (non-hydrogen) atoms. The van der Waals surface area contributed by atoms with Crippen molar-refractivity contribution in [3.05, 3.63) is 126 Å². The number of nitrogen functional groups attached to an aromatic ring is 1. The largest absolute Gasteiger partial charge is 0.397 e. The van der Waals surface area contributed by atoms with E-state index in [4.69, 9.17) is 15.2 Å². The summed E-state index contributed by atoms with van der Waals surface area (Å²) in [6.07, 6.45) is 5.47. The van der Waals surface area contributed by atoms with Crippen molar-refractivity contribution in [1.29, 1.82) is 0 Å². The smallest absolute Gasteiger partial charge is 0.224 e. The lowest BCUT2D eigenvalue weighted by Crippen LogP contribution is -2.31. The molecule has 0 aliphatic carbocycles. The van der Waals surface area contributed by atoms with Crippen molar-refractivity contribution in [3.63, 3.8) is 0 Å².